The Morgan fingerprint density at radius 1 is 1.29 bits per heavy atom. The molecule has 4 fully saturated rings. The lowest BCUT2D eigenvalue weighted by Gasteiger charge is -2.37. The first-order chi connectivity index (χ1) is 13.1. The van der Waals surface area contributed by atoms with Crippen molar-refractivity contribution >= 4 is 28.7 Å². The van der Waals surface area contributed by atoms with Crippen LogP contribution in [-0.2, 0) is 9.59 Å². The number of likely N-dealkylation sites (tertiary alicyclic amines) is 1. The number of nitrogens with one attached hydrogen (secondary N) is 1. The Balaban J connectivity index is 1.32. The molecule has 2 amide bonds. The predicted molar refractivity (Wildman–Crippen MR) is 113 cm³/mol. The first-order valence-electron chi connectivity index (χ1n) is 10.8. The Kier molecular flexibility index (Phi) is 5.28. The first-order valence-corrected chi connectivity index (χ1v) is 11.6. The fraction of sp³-hybridized carbons (Fsp3) is 0.857. The molecule has 156 valence electrons. The summed E-state index contributed by atoms with van der Waals surface area (Å²) in [7, 11) is 0. The van der Waals surface area contributed by atoms with Gasteiger partial charge in [0, 0.05) is 13.1 Å². The number of aliphatic imine (C=N–C) groups is 1. The third-order valence-corrected chi connectivity index (χ3v) is 8.34. The second-order valence-corrected chi connectivity index (χ2v) is 11.6. The molecule has 0 aromatic heterocycles. The van der Waals surface area contributed by atoms with Gasteiger partial charge < -0.3 is 16.0 Å². The van der Waals surface area contributed by atoms with E-state index < -0.39 is 10.3 Å². The van der Waals surface area contributed by atoms with Crippen molar-refractivity contribution in [2.24, 2.45) is 28.5 Å². The molecule has 28 heavy (non-hydrogen) atoms. The van der Waals surface area contributed by atoms with E-state index >= 15 is 0 Å². The maximum Gasteiger partial charge on any atom is 0.242 e. The topological polar surface area (TPSA) is 87.8 Å². The van der Waals surface area contributed by atoms with E-state index in [0.29, 0.717) is 12.0 Å². The van der Waals surface area contributed by atoms with E-state index in [2.05, 4.69) is 12.2 Å². The van der Waals surface area contributed by atoms with Gasteiger partial charge in [-0.3, -0.25) is 14.6 Å². The smallest absolute Gasteiger partial charge is 0.242 e. The number of amides is 2. The van der Waals surface area contributed by atoms with Gasteiger partial charge in [-0.25, -0.2) is 0 Å². The number of rotatable bonds is 4. The highest BCUT2D eigenvalue weighted by molar-refractivity contribution is 8.16. The summed E-state index contributed by atoms with van der Waals surface area (Å²) in [5.74, 6) is 2.16. The van der Waals surface area contributed by atoms with E-state index in [1.807, 2.05) is 4.90 Å². The lowest BCUT2D eigenvalue weighted by molar-refractivity contribution is -0.137. The molecule has 1 unspecified atom stereocenters. The molecule has 4 rings (SSSR count). The zero-order valence-electron chi connectivity index (χ0n) is 17.4. The van der Waals surface area contributed by atoms with Crippen LogP contribution in [-0.4, -0.2) is 51.3 Å². The van der Waals surface area contributed by atoms with Gasteiger partial charge in [-0.15, -0.1) is 0 Å². The van der Waals surface area contributed by atoms with Gasteiger partial charge in [-0.2, -0.15) is 0 Å². The van der Waals surface area contributed by atoms with Gasteiger partial charge >= 0.3 is 0 Å². The van der Waals surface area contributed by atoms with E-state index in [9.17, 15) is 9.59 Å². The summed E-state index contributed by atoms with van der Waals surface area (Å²) < 4.78 is -0.444. The van der Waals surface area contributed by atoms with Crippen molar-refractivity contribution < 1.29 is 9.59 Å². The molecule has 2 bridgehead atoms. The number of hydrogen-bond donors (Lipinski definition) is 2. The Labute approximate surface area is 172 Å². The van der Waals surface area contributed by atoms with Crippen molar-refractivity contribution in [3.63, 3.8) is 0 Å². The number of carbonyl (C=O) groups excluding carboxylic acids is 2. The molecule has 0 aromatic rings. The van der Waals surface area contributed by atoms with Gasteiger partial charge in [0.05, 0.1) is 16.3 Å². The molecule has 0 radical (unpaired) electrons. The SMILES string of the molecule is CC(C)(N)C(=O)N1CCC(CC2(C)SC(=N[C@H]3C[C@H]4CC[C@H]3C4)NC2=O)CC1. The Bertz CT molecular complexity index is 680. The van der Waals surface area contributed by atoms with Crippen molar-refractivity contribution in [2.45, 2.75) is 82.0 Å². The van der Waals surface area contributed by atoms with Crippen LogP contribution in [0.5, 0.6) is 0 Å². The van der Waals surface area contributed by atoms with Crippen LogP contribution in [0.25, 0.3) is 0 Å². The van der Waals surface area contributed by atoms with Crippen LogP contribution >= 0.6 is 11.8 Å². The van der Waals surface area contributed by atoms with Crippen LogP contribution in [0.2, 0.25) is 0 Å². The summed E-state index contributed by atoms with van der Waals surface area (Å²) in [4.78, 5) is 31.9. The molecule has 4 atom stereocenters. The van der Waals surface area contributed by atoms with Crippen LogP contribution < -0.4 is 11.1 Å². The number of thioether (sulfide) groups is 1. The Morgan fingerprint density at radius 2 is 2.00 bits per heavy atom. The first kappa shape index (κ1) is 20.2. The van der Waals surface area contributed by atoms with Gasteiger partial charge in [0.1, 0.15) is 0 Å². The lowest BCUT2D eigenvalue weighted by atomic mass is 9.86. The van der Waals surface area contributed by atoms with Gasteiger partial charge in [0.15, 0.2) is 5.17 Å². The average Bonchev–Trinajstić information content (AvgIpc) is 3.30. The molecule has 2 saturated heterocycles. The minimum atomic E-state index is -0.814. The number of hydrogen-bond acceptors (Lipinski definition) is 5. The number of carbonyl (C=O) groups is 2. The molecule has 2 heterocycles. The number of nitrogens with zero attached hydrogens (tertiary/aromatic N) is 2. The standard InChI is InChI=1S/C21H34N4O2S/c1-20(2,22)18(27)25-8-6-13(7-9-25)12-21(3)17(26)24-19(28-21)23-16-11-14-4-5-15(16)10-14/h13-16H,4-12,22H2,1-3H3,(H,23,24,26)/t14-,15-,16-,21?/m0/s1. The lowest BCUT2D eigenvalue weighted by Crippen LogP contribution is -2.53. The minimum absolute atomic E-state index is 0.0189. The molecule has 7 heteroatoms. The van der Waals surface area contributed by atoms with Crippen molar-refractivity contribution in [2.75, 3.05) is 13.1 Å². The summed E-state index contributed by atoms with van der Waals surface area (Å²) in [6.45, 7) is 7.05. The van der Waals surface area contributed by atoms with Crippen LogP contribution in [0.1, 0.15) is 65.7 Å². The molecule has 0 aromatic carbocycles. The Hall–Kier alpha value is -1.08. The maximum absolute atomic E-state index is 12.7. The molecule has 6 nitrogen and oxygen atoms in total. The summed E-state index contributed by atoms with van der Waals surface area (Å²) in [5.41, 5.74) is 5.15. The molecule has 2 saturated carbocycles. The molecule has 4 aliphatic rings. The predicted octanol–water partition coefficient (Wildman–Crippen LogP) is 2.52. The third-order valence-electron chi connectivity index (χ3n) is 7.14. The zero-order valence-corrected chi connectivity index (χ0v) is 18.2. The highest BCUT2D eigenvalue weighted by Crippen LogP contribution is 2.47. The van der Waals surface area contributed by atoms with Gasteiger partial charge in [-0.1, -0.05) is 18.2 Å². The molecule has 2 aliphatic carbocycles. The van der Waals surface area contributed by atoms with E-state index in [1.54, 1.807) is 25.6 Å². The molecule has 3 N–H and O–H groups in total. The van der Waals surface area contributed by atoms with E-state index in [1.165, 1.54) is 25.7 Å². The second-order valence-electron chi connectivity index (χ2n) is 10.1. The van der Waals surface area contributed by atoms with Gasteiger partial charge in [0.2, 0.25) is 11.8 Å². The fourth-order valence-corrected chi connectivity index (χ4v) is 6.75. The Morgan fingerprint density at radius 3 is 2.57 bits per heavy atom. The summed E-state index contributed by atoms with van der Waals surface area (Å²) >= 11 is 1.63. The summed E-state index contributed by atoms with van der Waals surface area (Å²) in [6, 6.07) is 0.415. The number of piperidine rings is 1. The van der Waals surface area contributed by atoms with Crippen molar-refractivity contribution in [1.29, 1.82) is 0 Å². The van der Waals surface area contributed by atoms with Gasteiger partial charge in [0.25, 0.3) is 0 Å². The van der Waals surface area contributed by atoms with Crippen LogP contribution in [0, 0.1) is 17.8 Å². The maximum atomic E-state index is 12.7. The largest absolute Gasteiger partial charge is 0.341 e. The normalized spacial score (nSPS) is 37.7. The van der Waals surface area contributed by atoms with Crippen LogP contribution in [0.3, 0.4) is 0 Å². The highest BCUT2D eigenvalue weighted by Gasteiger charge is 2.46. The van der Waals surface area contributed by atoms with Crippen molar-refractivity contribution in [1.82, 2.24) is 10.2 Å². The fourth-order valence-electron chi connectivity index (χ4n) is 5.53. The van der Waals surface area contributed by atoms with E-state index in [4.69, 9.17) is 10.7 Å². The van der Waals surface area contributed by atoms with Crippen LogP contribution in [0.15, 0.2) is 4.99 Å². The minimum Gasteiger partial charge on any atom is -0.341 e. The molecular weight excluding hydrogens is 372 g/mol. The number of nitrogens with two attached hydrogens (primary N) is 1. The van der Waals surface area contributed by atoms with Gasteiger partial charge in [-0.05, 0) is 77.0 Å². The number of fused-ring (bicyclic) bond motifs is 2. The zero-order chi connectivity index (χ0) is 20.1. The molecule has 2 aliphatic heterocycles. The average molecular weight is 407 g/mol. The third kappa shape index (κ3) is 3.97. The van der Waals surface area contributed by atoms with E-state index in [0.717, 1.165) is 49.4 Å². The van der Waals surface area contributed by atoms with Crippen LogP contribution in [0.4, 0.5) is 0 Å². The van der Waals surface area contributed by atoms with Crippen molar-refractivity contribution in [3.8, 4) is 0 Å². The molecular formula is C21H34N4O2S. The summed E-state index contributed by atoms with van der Waals surface area (Å²) in [6.07, 6.45) is 7.91. The van der Waals surface area contributed by atoms with Crippen molar-refractivity contribution in [3.05, 3.63) is 0 Å². The quantitative estimate of drug-likeness (QED) is 0.751. The highest BCUT2D eigenvalue weighted by atomic mass is 32.2. The number of amidine groups is 1. The monoisotopic (exact) mass is 406 g/mol. The molecule has 0 spiro atoms. The van der Waals surface area contributed by atoms with E-state index in [-0.39, 0.29) is 11.8 Å². The second kappa shape index (κ2) is 7.31. The summed E-state index contributed by atoms with van der Waals surface area (Å²) in [5, 5.41) is 3.90.